The van der Waals surface area contributed by atoms with Crippen molar-refractivity contribution >= 4 is 132 Å². The predicted molar refractivity (Wildman–Crippen MR) is 550 cm³/mol. The lowest BCUT2D eigenvalue weighted by molar-refractivity contribution is 0.212. The molecular weight excluding hydrogens is 2020 g/mol. The third-order valence-corrected chi connectivity index (χ3v) is 32.9. The summed E-state index contributed by atoms with van der Waals surface area (Å²) in [6.07, 6.45) is 36.4. The van der Waals surface area contributed by atoms with Crippen LogP contribution in [0.25, 0.3) is 101 Å². The highest BCUT2D eigenvalue weighted by Gasteiger charge is 2.36. The number of nitrogens with one attached hydrogen (secondary N) is 7. The lowest BCUT2D eigenvalue weighted by Crippen LogP contribution is -2.40. The molecule has 24 rings (SSSR count). The van der Waals surface area contributed by atoms with Crippen molar-refractivity contribution < 1.29 is 27.0 Å². The maximum absolute atomic E-state index is 12.4. The Kier molecular flexibility index (Phi) is 29.1. The van der Waals surface area contributed by atoms with Crippen molar-refractivity contribution in [2.75, 3.05) is 143 Å². The summed E-state index contributed by atoms with van der Waals surface area (Å²) < 4.78 is 71.0. The van der Waals surface area contributed by atoms with Gasteiger partial charge < -0.3 is 81.8 Å². The van der Waals surface area contributed by atoms with Crippen molar-refractivity contribution in [1.29, 1.82) is 0 Å². The molecular formula is C89H111Br2N43O6S3. The van der Waals surface area contributed by atoms with Crippen LogP contribution in [-0.2, 0) is 73.7 Å². The maximum Gasteiger partial charge on any atom is 0.165 e. The smallest absolute Gasteiger partial charge is 0.165 e. The van der Waals surface area contributed by atoms with Crippen molar-refractivity contribution in [3.05, 3.63) is 179 Å². The molecule has 0 aromatic carbocycles. The topological polar surface area (TPSA) is 637 Å². The minimum atomic E-state index is -3.25. The number of aliphatic hydroxyl groups excluding tert-OH is 2. The van der Waals surface area contributed by atoms with Crippen molar-refractivity contribution in [3.8, 4) is 66.8 Å². The molecule has 18 aromatic rings. The molecule has 18 aromatic heterocycles. The van der Waals surface area contributed by atoms with Gasteiger partial charge in [-0.15, -0.1) is 0 Å². The number of aryl methyl sites for hydroxylation is 6. The van der Waals surface area contributed by atoms with Gasteiger partial charge in [0.05, 0.1) is 147 Å². The molecule has 0 spiro atoms. The molecule has 0 radical (unpaired) electrons. The third-order valence-electron chi connectivity index (χ3n) is 26.0. The average molecular weight is 2140 g/mol. The van der Waals surface area contributed by atoms with Gasteiger partial charge in [0, 0.05) is 312 Å². The van der Waals surface area contributed by atoms with E-state index in [1.807, 2.05) is 91.7 Å². The Morgan fingerprint density at radius 2 is 0.650 bits per heavy atom. The summed E-state index contributed by atoms with van der Waals surface area (Å²) in [7, 11) is 6.07. The summed E-state index contributed by atoms with van der Waals surface area (Å²) in [5.41, 5.74) is 56.9. The standard InChI is InChI=1S/C16H20BrN7O.C16H21N7O.C15H19BrN8.C14H17N7O2S.2C14H17N7OS/c1-23-7-10(5-20-23)12-6-21-24-15(18)13(17)14(22-16(12)24)9-2-3-11(8-25)19-4-9;1-22-8-11(6-19-22)13-7-20-23-15(17)4-14(21-16(13)23)10-2-3-12(9-24)18-5-10;1-23-8-10(6-20-23)11-7-21-24-14(17)12(16)13(22-15(11)24)9-4-18-2-3-19-5-9;1-20-8-9(5-17-20)10-6-18-21-13(15)4-11(19-14(10)21)12-7-16-2-3-24(12,22)23;2*1-20-8-9(5-17-20)10-6-18-21-13(15)4-11(19-14(10)21)12-7-16-2-3-23(12)22/h5-7,9,11,19,25H,2-4,8,18H2,1H3;4,6-8,10,12,18,24H,2-3,5,9,17H2,1H3;6-9,18-19H,2-5,17H2,1H3;4-6,8,12,16H,2-3,7,15H2,1H3;2*4-6,8,12,16H,2-3,7,15H2,1H3/t9-,11-;10-,12-;;;;/m00..../s1. The molecule has 143 heavy (non-hydrogen) atoms. The molecule has 5 unspecified atom stereocenters. The van der Waals surface area contributed by atoms with E-state index in [0.29, 0.717) is 95.2 Å². The monoisotopic (exact) mass is 2130 g/mol. The van der Waals surface area contributed by atoms with Crippen LogP contribution in [0.4, 0.5) is 34.9 Å². The summed E-state index contributed by atoms with van der Waals surface area (Å²) >= 11 is 7.21. The summed E-state index contributed by atoms with van der Waals surface area (Å²) in [6, 6.07) is 7.37. The van der Waals surface area contributed by atoms with E-state index in [4.69, 9.17) is 59.3 Å². The first-order valence-electron chi connectivity index (χ1n) is 46.4. The number of hydrogen-bond acceptors (Lipinski definition) is 37. The molecule has 750 valence electrons. The van der Waals surface area contributed by atoms with E-state index in [2.05, 4.69) is 135 Å². The number of nitrogens with two attached hydrogens (primary N) is 6. The molecule has 54 heteroatoms. The Balaban J connectivity index is 0.000000109. The number of nitrogen functional groups attached to an aromatic ring is 6. The molecule has 0 aliphatic carbocycles. The second-order valence-electron chi connectivity index (χ2n) is 35.8. The maximum atomic E-state index is 12.4. The molecule has 6 fully saturated rings. The first-order valence-corrected chi connectivity index (χ1v) is 52.5. The SMILES string of the molecule is Cn1cc(-c2cnn3c(N)c(Br)c(C4CNCCNC4)nc23)cn1.Cn1cc(-c2cnn3c(N)c(Br)c([C@H]4CC[C@@H](CO)NC4)nc23)cn1.Cn1cc(-c2cnn3c(N)cc(C4CNCCS4(=O)=O)nc23)cn1.Cn1cc(-c2cnn3c(N)cc(C4CNCCS4=O)nc23)cn1.Cn1cc(-c2cnn3c(N)cc(C4CNCCS4=O)nc23)cn1.Cn1cc(-c2cnn3c(N)cc([C@H]4CC[C@@H](CO)NC4)nc23)cn1. The van der Waals surface area contributed by atoms with Gasteiger partial charge in [-0.3, -0.25) is 36.5 Å². The molecule has 0 saturated carbocycles. The van der Waals surface area contributed by atoms with E-state index in [0.717, 1.165) is 199 Å². The molecule has 21 N–H and O–H groups in total. The summed E-state index contributed by atoms with van der Waals surface area (Å²) in [5, 5.41) is 92.0. The van der Waals surface area contributed by atoms with Crippen LogP contribution in [0.1, 0.15) is 93.4 Å². The van der Waals surface area contributed by atoms with Gasteiger partial charge in [0.1, 0.15) is 40.2 Å². The summed E-state index contributed by atoms with van der Waals surface area (Å²) in [6.45, 7) is 9.18. The number of halogens is 2. The van der Waals surface area contributed by atoms with Gasteiger partial charge in [0.2, 0.25) is 0 Å². The number of fused-ring (bicyclic) bond motifs is 6. The molecule has 49 nitrogen and oxygen atoms in total. The fraction of sp³-hybridized carbons (Fsp3) is 0.393. The van der Waals surface area contributed by atoms with Crippen LogP contribution in [0.15, 0.2) is 145 Å². The van der Waals surface area contributed by atoms with Crippen LogP contribution in [0.5, 0.6) is 0 Å². The quantitative estimate of drug-likeness (QED) is 0.0744. The highest BCUT2D eigenvalue weighted by Crippen LogP contribution is 2.40. The molecule has 9 atom stereocenters. The van der Waals surface area contributed by atoms with E-state index < -0.39 is 36.7 Å². The molecule has 6 aliphatic rings. The molecule has 24 heterocycles. The minimum absolute atomic E-state index is 0.0964. The number of rotatable bonds is 14. The number of aliphatic hydroxyl groups is 2. The zero-order chi connectivity index (χ0) is 99.8. The third kappa shape index (κ3) is 20.7. The van der Waals surface area contributed by atoms with E-state index in [9.17, 15) is 27.0 Å². The normalized spacial score (nSPS) is 20.5. The lowest BCUT2D eigenvalue weighted by atomic mass is 9.92. The van der Waals surface area contributed by atoms with Crippen LogP contribution in [0.3, 0.4) is 0 Å². The predicted octanol–water partition coefficient (Wildman–Crippen LogP) is 2.57. The van der Waals surface area contributed by atoms with Gasteiger partial charge in [-0.1, -0.05) is 0 Å². The minimum Gasteiger partial charge on any atom is -0.395 e. The van der Waals surface area contributed by atoms with E-state index in [1.54, 1.807) is 137 Å². The lowest BCUT2D eigenvalue weighted by Gasteiger charge is -2.29. The van der Waals surface area contributed by atoms with Gasteiger partial charge in [0.15, 0.2) is 43.7 Å². The zero-order valence-corrected chi connectivity index (χ0v) is 84.7. The number of hydrogen-bond donors (Lipinski definition) is 15. The van der Waals surface area contributed by atoms with Crippen LogP contribution in [-0.4, -0.2) is 294 Å². The Morgan fingerprint density at radius 1 is 0.350 bits per heavy atom. The van der Waals surface area contributed by atoms with Crippen LogP contribution >= 0.6 is 31.9 Å². The highest BCUT2D eigenvalue weighted by atomic mass is 79.9. The molecule has 6 saturated heterocycles. The van der Waals surface area contributed by atoms with E-state index in [1.165, 1.54) is 4.52 Å². The molecule has 6 aliphatic heterocycles. The number of aromatic nitrogens is 30. The van der Waals surface area contributed by atoms with Crippen molar-refractivity contribution in [1.82, 2.24) is 183 Å². The Labute approximate surface area is 839 Å². The van der Waals surface area contributed by atoms with E-state index >= 15 is 0 Å². The summed E-state index contributed by atoms with van der Waals surface area (Å²) in [4.78, 5) is 28.6. The second-order valence-corrected chi connectivity index (χ2v) is 43.2. The van der Waals surface area contributed by atoms with Gasteiger partial charge in [-0.25, -0.2) is 38.3 Å². The number of anilines is 6. The number of nitrogens with zero attached hydrogens (tertiary/aromatic N) is 30. The van der Waals surface area contributed by atoms with Crippen molar-refractivity contribution in [2.45, 2.75) is 71.3 Å². The highest BCUT2D eigenvalue weighted by molar-refractivity contribution is 9.11. The molecule has 0 bridgehead atoms. The Morgan fingerprint density at radius 3 is 0.972 bits per heavy atom. The van der Waals surface area contributed by atoms with E-state index in [-0.39, 0.29) is 59.3 Å². The average Bonchev–Trinajstić information content (AvgIpc) is 1.62. The summed E-state index contributed by atoms with van der Waals surface area (Å²) in [5.74, 6) is 5.14. The van der Waals surface area contributed by atoms with Gasteiger partial charge >= 0.3 is 0 Å². The fourth-order valence-corrected chi connectivity index (χ4v) is 23.6. The first-order chi connectivity index (χ1) is 69.1. The Bertz CT molecular complexity index is 7660. The van der Waals surface area contributed by atoms with Crippen LogP contribution < -0.4 is 71.6 Å². The van der Waals surface area contributed by atoms with Crippen molar-refractivity contribution in [3.63, 3.8) is 0 Å². The van der Waals surface area contributed by atoms with Crippen LogP contribution in [0.2, 0.25) is 0 Å². The second kappa shape index (κ2) is 42.3. The largest absolute Gasteiger partial charge is 0.395 e. The number of sulfone groups is 1. The van der Waals surface area contributed by atoms with Gasteiger partial charge in [-0.05, 0) is 57.5 Å². The molecule has 0 amide bonds. The fourth-order valence-electron chi connectivity index (χ4n) is 18.3. The zero-order valence-electron chi connectivity index (χ0n) is 79.1. The first kappa shape index (κ1) is 98.4. The van der Waals surface area contributed by atoms with Gasteiger partial charge in [0.25, 0.3) is 0 Å². The van der Waals surface area contributed by atoms with Gasteiger partial charge in [-0.2, -0.15) is 88.3 Å². The Hall–Kier alpha value is -13.4. The van der Waals surface area contributed by atoms with Crippen molar-refractivity contribution in [2.24, 2.45) is 42.3 Å². The number of piperidine rings is 2. The van der Waals surface area contributed by atoms with Crippen LogP contribution in [0, 0.1) is 0 Å².